The van der Waals surface area contributed by atoms with Gasteiger partial charge < -0.3 is 10.1 Å². The molecular formula is C18H18N2O3S. The van der Waals surface area contributed by atoms with Crippen LogP contribution in [-0.4, -0.2) is 29.9 Å². The quantitative estimate of drug-likeness (QED) is 0.818. The van der Waals surface area contributed by atoms with E-state index in [9.17, 15) is 9.59 Å². The number of nitrogens with zero attached hydrogens (tertiary/aromatic N) is 1. The number of nitrogens with one attached hydrogen (secondary N) is 1. The number of imide groups is 1. The molecule has 1 N–H and O–H groups in total. The number of thiophene rings is 1. The summed E-state index contributed by atoms with van der Waals surface area (Å²) in [7, 11) is 0. The minimum absolute atomic E-state index is 0.251. The van der Waals surface area contributed by atoms with Crippen molar-refractivity contribution < 1.29 is 14.3 Å². The van der Waals surface area contributed by atoms with Crippen molar-refractivity contribution in [1.29, 1.82) is 0 Å². The molecule has 0 spiro atoms. The summed E-state index contributed by atoms with van der Waals surface area (Å²) in [5, 5.41) is 5.00. The Morgan fingerprint density at radius 2 is 1.83 bits per heavy atom. The first-order valence-corrected chi connectivity index (χ1v) is 8.67. The Bertz CT molecular complexity index is 779. The van der Waals surface area contributed by atoms with Gasteiger partial charge in [0.15, 0.2) is 0 Å². The van der Waals surface area contributed by atoms with Crippen LogP contribution < -0.4 is 10.1 Å². The molecule has 2 heterocycles. The predicted octanol–water partition coefficient (Wildman–Crippen LogP) is 3.36. The van der Waals surface area contributed by atoms with Crippen LogP contribution in [0.2, 0.25) is 0 Å². The minimum atomic E-state index is -0.292. The summed E-state index contributed by atoms with van der Waals surface area (Å²) in [6, 6.07) is 11.0. The average Bonchev–Trinajstić information content (AvgIpc) is 3.17. The maximum atomic E-state index is 12.6. The molecule has 1 aromatic heterocycles. The Kier molecular flexibility index (Phi) is 4.66. The van der Waals surface area contributed by atoms with E-state index in [1.807, 2.05) is 48.7 Å². The predicted molar refractivity (Wildman–Crippen MR) is 94.9 cm³/mol. The fraction of sp³-hybridized carbons (Fsp3) is 0.222. The topological polar surface area (TPSA) is 58.6 Å². The van der Waals surface area contributed by atoms with E-state index >= 15 is 0 Å². The largest absolute Gasteiger partial charge is 0.494 e. The van der Waals surface area contributed by atoms with E-state index in [0.29, 0.717) is 24.4 Å². The van der Waals surface area contributed by atoms with E-state index in [2.05, 4.69) is 5.32 Å². The van der Waals surface area contributed by atoms with E-state index < -0.39 is 0 Å². The van der Waals surface area contributed by atoms with Crippen molar-refractivity contribution in [2.75, 3.05) is 18.5 Å². The van der Waals surface area contributed by atoms with Gasteiger partial charge in [-0.3, -0.25) is 14.5 Å². The zero-order valence-electron chi connectivity index (χ0n) is 13.5. The highest BCUT2D eigenvalue weighted by Gasteiger charge is 2.38. The number of amides is 2. The van der Waals surface area contributed by atoms with Crippen molar-refractivity contribution in [3.05, 3.63) is 52.4 Å². The molecule has 124 valence electrons. The van der Waals surface area contributed by atoms with Crippen LogP contribution >= 0.6 is 11.3 Å². The second-order valence-corrected chi connectivity index (χ2v) is 6.11. The van der Waals surface area contributed by atoms with Crippen molar-refractivity contribution in [3.8, 4) is 5.75 Å². The number of benzene rings is 1. The average molecular weight is 342 g/mol. The van der Waals surface area contributed by atoms with Gasteiger partial charge in [0.1, 0.15) is 11.4 Å². The van der Waals surface area contributed by atoms with E-state index in [4.69, 9.17) is 4.74 Å². The molecule has 0 atom stereocenters. The van der Waals surface area contributed by atoms with Crippen molar-refractivity contribution in [2.45, 2.75) is 13.8 Å². The lowest BCUT2D eigenvalue weighted by Crippen LogP contribution is -2.32. The van der Waals surface area contributed by atoms with Crippen LogP contribution in [-0.2, 0) is 9.59 Å². The summed E-state index contributed by atoms with van der Waals surface area (Å²) in [5.41, 5.74) is 1.50. The minimum Gasteiger partial charge on any atom is -0.494 e. The van der Waals surface area contributed by atoms with Crippen molar-refractivity contribution in [2.24, 2.45) is 0 Å². The number of likely N-dealkylation sites (N-methyl/N-ethyl adjacent to an activating group) is 1. The molecule has 5 nitrogen and oxygen atoms in total. The molecule has 0 fully saturated rings. The van der Waals surface area contributed by atoms with Gasteiger partial charge in [-0.15, -0.1) is 11.3 Å². The van der Waals surface area contributed by atoms with Crippen LogP contribution in [0.3, 0.4) is 0 Å². The lowest BCUT2D eigenvalue weighted by Gasteiger charge is -2.12. The normalized spacial score (nSPS) is 14.5. The molecule has 0 radical (unpaired) electrons. The molecule has 0 saturated heterocycles. The standard InChI is InChI=1S/C18H18N2O3S/c1-3-20-17(21)15(14-6-5-11-24-14)16(18(20)22)19-12-7-9-13(10-8-12)23-4-2/h5-11,19H,3-4H2,1-2H3. The van der Waals surface area contributed by atoms with Crippen LogP contribution in [0.1, 0.15) is 18.7 Å². The molecule has 0 unspecified atom stereocenters. The van der Waals surface area contributed by atoms with Crippen LogP contribution in [0.5, 0.6) is 5.75 Å². The van der Waals surface area contributed by atoms with Gasteiger partial charge in [-0.2, -0.15) is 0 Å². The van der Waals surface area contributed by atoms with Crippen LogP contribution in [0.25, 0.3) is 5.57 Å². The summed E-state index contributed by atoms with van der Waals surface area (Å²) >= 11 is 1.44. The van der Waals surface area contributed by atoms with E-state index in [1.165, 1.54) is 16.2 Å². The number of hydrogen-bond donors (Lipinski definition) is 1. The molecule has 0 saturated carbocycles. The summed E-state index contributed by atoms with van der Waals surface area (Å²) in [6.45, 7) is 4.66. The second-order valence-electron chi connectivity index (χ2n) is 5.16. The van der Waals surface area contributed by atoms with Gasteiger partial charge in [-0.1, -0.05) is 6.07 Å². The lowest BCUT2D eigenvalue weighted by atomic mass is 10.2. The molecule has 0 aliphatic carbocycles. The number of ether oxygens (including phenoxy) is 1. The SMILES string of the molecule is CCOc1ccc(NC2=C(c3cccs3)C(=O)N(CC)C2=O)cc1. The highest BCUT2D eigenvalue weighted by Crippen LogP contribution is 2.32. The number of carbonyl (C=O) groups is 2. The molecule has 2 amide bonds. The maximum Gasteiger partial charge on any atom is 0.278 e. The van der Waals surface area contributed by atoms with Gasteiger partial charge in [-0.25, -0.2) is 0 Å². The van der Waals surface area contributed by atoms with Crippen molar-refractivity contribution >= 4 is 34.4 Å². The Hall–Kier alpha value is -2.60. The van der Waals surface area contributed by atoms with Gasteiger partial charge in [0, 0.05) is 17.1 Å². The van der Waals surface area contributed by atoms with Crippen molar-refractivity contribution in [3.63, 3.8) is 0 Å². The fourth-order valence-electron chi connectivity index (χ4n) is 2.57. The first-order valence-electron chi connectivity index (χ1n) is 7.80. The summed E-state index contributed by atoms with van der Waals surface area (Å²) < 4.78 is 5.42. The number of carbonyl (C=O) groups excluding carboxylic acids is 2. The first-order chi connectivity index (χ1) is 11.7. The van der Waals surface area contributed by atoms with Gasteiger partial charge in [0.2, 0.25) is 0 Å². The van der Waals surface area contributed by atoms with E-state index in [1.54, 1.807) is 6.92 Å². The molecule has 6 heteroatoms. The van der Waals surface area contributed by atoms with Crippen molar-refractivity contribution in [1.82, 2.24) is 4.90 Å². The molecular weight excluding hydrogens is 324 g/mol. The monoisotopic (exact) mass is 342 g/mol. The van der Waals surface area contributed by atoms with Gasteiger partial charge in [0.25, 0.3) is 11.8 Å². The summed E-state index contributed by atoms with van der Waals surface area (Å²) in [5.74, 6) is 0.220. The maximum absolute atomic E-state index is 12.6. The van der Waals surface area contributed by atoms with Crippen LogP contribution in [0.4, 0.5) is 5.69 Å². The molecule has 1 aliphatic rings. The molecule has 0 bridgehead atoms. The molecule has 24 heavy (non-hydrogen) atoms. The molecule has 1 aromatic carbocycles. The first kappa shape index (κ1) is 16.3. The number of rotatable bonds is 6. The third-order valence-corrected chi connectivity index (χ3v) is 4.57. The highest BCUT2D eigenvalue weighted by molar-refractivity contribution is 7.11. The Balaban J connectivity index is 1.95. The zero-order chi connectivity index (χ0) is 17.1. The fourth-order valence-corrected chi connectivity index (χ4v) is 3.34. The number of hydrogen-bond acceptors (Lipinski definition) is 5. The van der Waals surface area contributed by atoms with E-state index in [-0.39, 0.29) is 11.8 Å². The third kappa shape index (κ3) is 2.92. The van der Waals surface area contributed by atoms with Crippen LogP contribution in [0.15, 0.2) is 47.5 Å². The second kappa shape index (κ2) is 6.88. The Labute approximate surface area is 144 Å². The van der Waals surface area contributed by atoms with Gasteiger partial charge in [-0.05, 0) is 49.6 Å². The Morgan fingerprint density at radius 1 is 1.08 bits per heavy atom. The molecule has 3 rings (SSSR count). The zero-order valence-corrected chi connectivity index (χ0v) is 14.4. The lowest BCUT2D eigenvalue weighted by molar-refractivity contribution is -0.136. The van der Waals surface area contributed by atoms with Gasteiger partial charge in [0.05, 0.1) is 12.2 Å². The number of anilines is 1. The smallest absolute Gasteiger partial charge is 0.278 e. The molecule has 2 aromatic rings. The highest BCUT2D eigenvalue weighted by atomic mass is 32.1. The van der Waals surface area contributed by atoms with Crippen LogP contribution in [0, 0.1) is 0 Å². The Morgan fingerprint density at radius 3 is 2.42 bits per heavy atom. The van der Waals surface area contributed by atoms with E-state index in [0.717, 1.165) is 16.3 Å². The molecule has 1 aliphatic heterocycles. The van der Waals surface area contributed by atoms with Gasteiger partial charge >= 0.3 is 0 Å². The summed E-state index contributed by atoms with van der Waals surface area (Å²) in [6.07, 6.45) is 0. The third-order valence-electron chi connectivity index (χ3n) is 3.69. The summed E-state index contributed by atoms with van der Waals surface area (Å²) in [4.78, 5) is 27.2.